The minimum Gasteiger partial charge on any atom is -0.363 e. The second kappa shape index (κ2) is 10.3. The van der Waals surface area contributed by atoms with Crippen LogP contribution in [0.15, 0.2) is 91.1 Å². The predicted octanol–water partition coefficient (Wildman–Crippen LogP) is 6.71. The van der Waals surface area contributed by atoms with Crippen LogP contribution in [0.4, 0.5) is 22.9 Å². The lowest BCUT2D eigenvalue weighted by Gasteiger charge is -2.33. The zero-order valence-electron chi connectivity index (χ0n) is 21.1. The predicted molar refractivity (Wildman–Crippen MR) is 147 cm³/mol. The summed E-state index contributed by atoms with van der Waals surface area (Å²) in [5.74, 6) is 0.888. The van der Waals surface area contributed by atoms with E-state index >= 15 is 0 Å². The Balaban J connectivity index is 1.49. The van der Waals surface area contributed by atoms with Crippen LogP contribution in [-0.4, -0.2) is 28.9 Å². The van der Waals surface area contributed by atoms with E-state index in [-0.39, 0.29) is 23.5 Å². The lowest BCUT2D eigenvalue weighted by molar-refractivity contribution is -0.385. The average molecular weight is 510 g/mol. The number of hydrogen-bond donors (Lipinski definition) is 0. The molecule has 0 radical (unpaired) electrons. The third-order valence-corrected chi connectivity index (χ3v) is 7.07. The second-order valence-corrected chi connectivity index (χ2v) is 9.56. The summed E-state index contributed by atoms with van der Waals surface area (Å²) in [5, 5.41) is 22.3. The number of rotatable bonds is 7. The molecular weight excluding hydrogens is 482 g/mol. The molecule has 1 fully saturated rings. The highest BCUT2D eigenvalue weighted by Crippen LogP contribution is 2.47. The highest BCUT2D eigenvalue weighted by Gasteiger charge is 2.36. The molecule has 0 spiro atoms. The van der Waals surface area contributed by atoms with Gasteiger partial charge in [0.05, 0.1) is 21.9 Å². The van der Waals surface area contributed by atoms with E-state index in [0.717, 1.165) is 46.6 Å². The third kappa shape index (κ3) is 4.90. The minimum atomic E-state index is -0.394. The molecular formula is C29H27N5O4. The summed E-state index contributed by atoms with van der Waals surface area (Å²) >= 11 is 0. The fraction of sp³-hybridized carbons (Fsp3) is 0.207. The van der Waals surface area contributed by atoms with Gasteiger partial charge in [0, 0.05) is 55.8 Å². The Kier molecular flexibility index (Phi) is 6.74. The summed E-state index contributed by atoms with van der Waals surface area (Å²) in [5.41, 5.74) is 5.18. The highest BCUT2D eigenvalue weighted by molar-refractivity contribution is 5.67. The number of nitro benzene ring substituents is 2. The van der Waals surface area contributed by atoms with E-state index in [1.165, 1.54) is 0 Å². The van der Waals surface area contributed by atoms with Crippen LogP contribution in [0.2, 0.25) is 0 Å². The van der Waals surface area contributed by atoms with Crippen molar-refractivity contribution in [1.82, 2.24) is 4.98 Å². The Bertz CT molecular complexity index is 1370. The number of pyridine rings is 1. The maximum absolute atomic E-state index is 11.2. The van der Waals surface area contributed by atoms with Crippen LogP contribution in [0.1, 0.15) is 36.1 Å². The summed E-state index contributed by atoms with van der Waals surface area (Å²) in [6.45, 7) is 0. The topological polar surface area (TPSA) is 106 Å². The Labute approximate surface area is 220 Å². The maximum atomic E-state index is 11.2. The van der Waals surface area contributed by atoms with Crippen molar-refractivity contribution in [2.75, 3.05) is 23.9 Å². The summed E-state index contributed by atoms with van der Waals surface area (Å²) in [7, 11) is 3.91. The molecule has 0 aliphatic carbocycles. The van der Waals surface area contributed by atoms with Crippen molar-refractivity contribution in [3.05, 3.63) is 122 Å². The second-order valence-electron chi connectivity index (χ2n) is 9.56. The minimum absolute atomic E-state index is 0.00267. The molecule has 9 heteroatoms. The molecule has 1 aromatic heterocycles. The molecule has 9 nitrogen and oxygen atoms in total. The first-order valence-corrected chi connectivity index (χ1v) is 12.3. The largest absolute Gasteiger partial charge is 0.363 e. The molecule has 2 heterocycles. The molecule has 2 atom stereocenters. The Morgan fingerprint density at radius 1 is 0.711 bits per heavy atom. The number of aromatic nitrogens is 1. The van der Waals surface area contributed by atoms with Crippen LogP contribution < -0.4 is 9.80 Å². The lowest BCUT2D eigenvalue weighted by Crippen LogP contribution is -2.26. The van der Waals surface area contributed by atoms with Gasteiger partial charge in [0.2, 0.25) is 0 Å². The molecule has 192 valence electrons. The fourth-order valence-electron chi connectivity index (χ4n) is 5.11. The van der Waals surface area contributed by atoms with E-state index in [9.17, 15) is 20.2 Å². The first-order valence-electron chi connectivity index (χ1n) is 12.3. The molecule has 4 aromatic rings. The number of non-ortho nitro benzene ring substituents is 2. The van der Waals surface area contributed by atoms with Crippen molar-refractivity contribution >= 4 is 22.9 Å². The molecule has 0 saturated carbocycles. The van der Waals surface area contributed by atoms with E-state index < -0.39 is 9.85 Å². The SMILES string of the molecule is CN(C)c1ccc(-c2ccc(N3C(c4ccc([N+](=O)[O-])cc4)CCC3c3ccc([N+](=O)[O-])cc3)cc2)cn1. The number of benzene rings is 3. The Morgan fingerprint density at radius 3 is 1.58 bits per heavy atom. The van der Waals surface area contributed by atoms with E-state index in [0.29, 0.717) is 0 Å². The molecule has 3 aromatic carbocycles. The van der Waals surface area contributed by atoms with Crippen LogP contribution >= 0.6 is 0 Å². The van der Waals surface area contributed by atoms with Crippen LogP contribution in [0, 0.1) is 20.2 Å². The van der Waals surface area contributed by atoms with Crippen molar-refractivity contribution in [3.8, 4) is 11.1 Å². The van der Waals surface area contributed by atoms with Crippen molar-refractivity contribution in [1.29, 1.82) is 0 Å². The Hall–Kier alpha value is -4.79. The zero-order valence-corrected chi connectivity index (χ0v) is 21.1. The van der Waals surface area contributed by atoms with Crippen molar-refractivity contribution in [2.24, 2.45) is 0 Å². The smallest absolute Gasteiger partial charge is 0.269 e. The highest BCUT2D eigenvalue weighted by atomic mass is 16.6. The van der Waals surface area contributed by atoms with E-state index in [1.807, 2.05) is 61.6 Å². The average Bonchev–Trinajstić information content (AvgIpc) is 3.38. The number of hydrogen-bond acceptors (Lipinski definition) is 7. The van der Waals surface area contributed by atoms with Crippen LogP contribution in [0.3, 0.4) is 0 Å². The number of anilines is 2. The van der Waals surface area contributed by atoms with Gasteiger partial charge in [0.15, 0.2) is 0 Å². The normalized spacial score (nSPS) is 16.8. The van der Waals surface area contributed by atoms with Gasteiger partial charge in [0.25, 0.3) is 11.4 Å². The summed E-state index contributed by atoms with van der Waals surface area (Å²) in [6, 6.07) is 25.8. The van der Waals surface area contributed by atoms with Gasteiger partial charge in [0.1, 0.15) is 5.82 Å². The first-order chi connectivity index (χ1) is 18.3. The molecule has 2 unspecified atom stereocenters. The van der Waals surface area contributed by atoms with Gasteiger partial charge in [-0.1, -0.05) is 36.4 Å². The fourth-order valence-corrected chi connectivity index (χ4v) is 5.11. The quantitative estimate of drug-likeness (QED) is 0.201. The molecule has 0 bridgehead atoms. The van der Waals surface area contributed by atoms with E-state index in [2.05, 4.69) is 34.1 Å². The third-order valence-electron chi connectivity index (χ3n) is 7.07. The van der Waals surface area contributed by atoms with Gasteiger partial charge in [-0.25, -0.2) is 4.98 Å². The summed E-state index contributed by atoms with van der Waals surface area (Å²) < 4.78 is 0. The molecule has 0 amide bonds. The standard InChI is InChI=1S/C29H27N5O4/c1-31(2)29-18-9-23(19-30-29)20-3-10-24(11-4-20)32-27(21-5-12-25(13-6-21)33(35)36)16-17-28(32)22-7-14-26(15-8-22)34(37)38/h3-15,18-19,27-28H,16-17H2,1-2H3. The van der Waals surface area contributed by atoms with Crippen LogP contribution in [-0.2, 0) is 0 Å². The Morgan fingerprint density at radius 2 is 1.18 bits per heavy atom. The van der Waals surface area contributed by atoms with Gasteiger partial charge in [-0.15, -0.1) is 0 Å². The van der Waals surface area contributed by atoms with Crippen molar-refractivity contribution < 1.29 is 9.85 Å². The zero-order chi connectivity index (χ0) is 26.8. The molecule has 1 aliphatic rings. The molecule has 0 N–H and O–H groups in total. The van der Waals surface area contributed by atoms with Crippen LogP contribution in [0.25, 0.3) is 11.1 Å². The molecule has 38 heavy (non-hydrogen) atoms. The summed E-state index contributed by atoms with van der Waals surface area (Å²) in [4.78, 5) is 30.3. The molecule has 5 rings (SSSR count). The lowest BCUT2D eigenvalue weighted by atomic mass is 10.0. The number of nitro groups is 2. The maximum Gasteiger partial charge on any atom is 0.269 e. The summed E-state index contributed by atoms with van der Waals surface area (Å²) in [6.07, 6.45) is 3.55. The van der Waals surface area contributed by atoms with Gasteiger partial charge < -0.3 is 9.80 Å². The first kappa shape index (κ1) is 24.9. The van der Waals surface area contributed by atoms with E-state index in [4.69, 9.17) is 0 Å². The van der Waals surface area contributed by atoms with E-state index in [1.54, 1.807) is 24.3 Å². The molecule has 1 saturated heterocycles. The van der Waals surface area contributed by atoms with Gasteiger partial charge >= 0.3 is 0 Å². The van der Waals surface area contributed by atoms with Gasteiger partial charge in [-0.05, 0) is 53.8 Å². The monoisotopic (exact) mass is 509 g/mol. The van der Waals surface area contributed by atoms with Crippen molar-refractivity contribution in [3.63, 3.8) is 0 Å². The van der Waals surface area contributed by atoms with Crippen LogP contribution in [0.5, 0.6) is 0 Å². The molecule has 1 aliphatic heterocycles. The van der Waals surface area contributed by atoms with Gasteiger partial charge in [-0.2, -0.15) is 0 Å². The number of nitrogens with zero attached hydrogens (tertiary/aromatic N) is 5. The van der Waals surface area contributed by atoms with Gasteiger partial charge in [-0.3, -0.25) is 20.2 Å². The van der Waals surface area contributed by atoms with Crippen molar-refractivity contribution in [2.45, 2.75) is 24.9 Å².